The lowest BCUT2D eigenvalue weighted by molar-refractivity contribution is 0.371. The third-order valence-corrected chi connectivity index (χ3v) is 7.55. The number of nitrogens with zero attached hydrogens (tertiary/aromatic N) is 5. The molecule has 1 aromatic carbocycles. The second-order valence-corrected chi connectivity index (χ2v) is 9.68. The van der Waals surface area contributed by atoms with Crippen LogP contribution in [0.3, 0.4) is 0 Å². The molecule has 0 bridgehead atoms. The van der Waals surface area contributed by atoms with E-state index >= 15 is 0 Å². The molecule has 11 heteroatoms. The number of terminal acetylenes is 1. The number of tetrazole rings is 1. The van der Waals surface area contributed by atoms with Crippen molar-refractivity contribution in [3.8, 4) is 18.0 Å². The van der Waals surface area contributed by atoms with Crippen molar-refractivity contribution in [1.29, 1.82) is 0 Å². The van der Waals surface area contributed by atoms with E-state index in [1.54, 1.807) is 12.1 Å². The summed E-state index contributed by atoms with van der Waals surface area (Å²) in [5, 5.41) is 10.7. The van der Waals surface area contributed by atoms with Gasteiger partial charge in [-0.05, 0) is 35.0 Å². The maximum Gasteiger partial charge on any atom is 0.244 e. The molecule has 0 saturated carbocycles. The van der Waals surface area contributed by atoms with Crippen LogP contribution in [0.1, 0.15) is 6.42 Å². The maximum atomic E-state index is 13.0. The average Bonchev–Trinajstić information content (AvgIpc) is 3.22. The van der Waals surface area contributed by atoms with Crippen molar-refractivity contribution < 1.29 is 16.8 Å². The van der Waals surface area contributed by atoms with Crippen molar-refractivity contribution >= 4 is 19.9 Å². The summed E-state index contributed by atoms with van der Waals surface area (Å²) in [5.74, 6) is 2.04. The van der Waals surface area contributed by atoms with E-state index in [1.165, 1.54) is 23.1 Å². The number of sulfone groups is 1. The lowest BCUT2D eigenvalue weighted by atomic mass is 10.3. The number of hydrogen-bond donors (Lipinski definition) is 0. The maximum absolute atomic E-state index is 13.0. The van der Waals surface area contributed by atoms with E-state index in [9.17, 15) is 16.8 Å². The van der Waals surface area contributed by atoms with Crippen molar-refractivity contribution in [3.63, 3.8) is 0 Å². The zero-order chi connectivity index (χ0) is 18.1. The summed E-state index contributed by atoms with van der Waals surface area (Å²) in [4.78, 5) is 0.0000444. The highest BCUT2D eigenvalue weighted by Crippen LogP contribution is 2.25. The fraction of sp³-hybridized carbons (Fsp3) is 0.357. The Morgan fingerprint density at radius 1 is 1.40 bits per heavy atom. The smallest absolute Gasteiger partial charge is 0.229 e. The number of sulfonamides is 1. The molecule has 2 aromatic rings. The summed E-state index contributed by atoms with van der Waals surface area (Å²) in [5.41, 5.74) is 0.464. The van der Waals surface area contributed by atoms with E-state index in [-0.39, 0.29) is 29.4 Å². The summed E-state index contributed by atoms with van der Waals surface area (Å²) in [6.07, 6.45) is 6.88. The van der Waals surface area contributed by atoms with Gasteiger partial charge >= 0.3 is 0 Å². The number of rotatable bonds is 5. The number of benzene rings is 1. The molecule has 1 saturated heterocycles. The number of aromatic nitrogens is 4. The molecular weight excluding hydrogens is 366 g/mol. The fourth-order valence-electron chi connectivity index (χ4n) is 2.70. The van der Waals surface area contributed by atoms with Crippen LogP contribution in [0.15, 0.2) is 35.5 Å². The third kappa shape index (κ3) is 3.55. The van der Waals surface area contributed by atoms with Gasteiger partial charge in [0, 0.05) is 6.04 Å². The standard InChI is InChI=1S/C14H15N5O4S2/c1-2-7-19(13-6-8-24(20,21)10-13)25(22,23)14-5-3-4-12(9-14)18-11-15-16-17-18/h1,3-5,9,11,13H,6-8,10H2. The fourth-order valence-corrected chi connectivity index (χ4v) is 6.14. The van der Waals surface area contributed by atoms with Gasteiger partial charge < -0.3 is 0 Å². The first-order chi connectivity index (χ1) is 11.8. The summed E-state index contributed by atoms with van der Waals surface area (Å²) < 4.78 is 51.9. The van der Waals surface area contributed by atoms with Crippen molar-refractivity contribution in [3.05, 3.63) is 30.6 Å². The van der Waals surface area contributed by atoms with Crippen LogP contribution in [-0.4, -0.2) is 65.4 Å². The molecule has 2 heterocycles. The largest absolute Gasteiger partial charge is 0.244 e. The molecule has 1 unspecified atom stereocenters. The van der Waals surface area contributed by atoms with Crippen molar-refractivity contribution in [2.75, 3.05) is 18.1 Å². The lowest BCUT2D eigenvalue weighted by Crippen LogP contribution is -2.41. The minimum Gasteiger partial charge on any atom is -0.229 e. The molecule has 0 amide bonds. The van der Waals surface area contributed by atoms with E-state index in [1.807, 2.05) is 0 Å². The Morgan fingerprint density at radius 2 is 2.20 bits per heavy atom. The molecule has 1 atom stereocenters. The molecule has 3 rings (SSSR count). The normalized spacial score (nSPS) is 19.8. The molecule has 1 aromatic heterocycles. The van der Waals surface area contributed by atoms with Gasteiger partial charge in [-0.1, -0.05) is 12.0 Å². The van der Waals surface area contributed by atoms with Gasteiger partial charge in [0.1, 0.15) is 6.33 Å². The minimum absolute atomic E-state index is 0.0000444. The summed E-state index contributed by atoms with van der Waals surface area (Å²) in [6, 6.07) is 5.39. The highest BCUT2D eigenvalue weighted by Gasteiger charge is 2.38. The summed E-state index contributed by atoms with van der Waals surface area (Å²) >= 11 is 0. The van der Waals surface area contributed by atoms with Crippen LogP contribution in [0.4, 0.5) is 0 Å². The van der Waals surface area contributed by atoms with E-state index < -0.39 is 25.9 Å². The Bertz CT molecular complexity index is 1010. The van der Waals surface area contributed by atoms with Gasteiger partial charge in [-0.25, -0.2) is 21.5 Å². The van der Waals surface area contributed by atoms with Gasteiger partial charge in [0.2, 0.25) is 10.0 Å². The molecule has 25 heavy (non-hydrogen) atoms. The van der Waals surface area contributed by atoms with Crippen LogP contribution < -0.4 is 0 Å². The quantitative estimate of drug-likeness (QED) is 0.640. The van der Waals surface area contributed by atoms with Crippen LogP contribution in [0.25, 0.3) is 5.69 Å². The zero-order valence-electron chi connectivity index (χ0n) is 13.1. The molecule has 0 N–H and O–H groups in total. The summed E-state index contributed by atoms with van der Waals surface area (Å²) in [7, 11) is -7.22. The first-order valence-electron chi connectivity index (χ1n) is 7.33. The van der Waals surface area contributed by atoms with E-state index in [0.29, 0.717) is 5.69 Å². The van der Waals surface area contributed by atoms with Crippen LogP contribution in [0, 0.1) is 12.3 Å². The highest BCUT2D eigenvalue weighted by molar-refractivity contribution is 7.92. The van der Waals surface area contributed by atoms with Crippen LogP contribution >= 0.6 is 0 Å². The van der Waals surface area contributed by atoms with E-state index in [4.69, 9.17) is 6.42 Å². The lowest BCUT2D eigenvalue weighted by Gasteiger charge is -2.25. The van der Waals surface area contributed by atoms with Crippen molar-refractivity contribution in [1.82, 2.24) is 24.5 Å². The average molecular weight is 381 g/mol. The molecule has 1 aliphatic rings. The third-order valence-electron chi connectivity index (χ3n) is 3.90. The van der Waals surface area contributed by atoms with E-state index in [0.717, 1.165) is 4.31 Å². The molecule has 132 valence electrons. The van der Waals surface area contributed by atoms with Crippen molar-refractivity contribution in [2.24, 2.45) is 0 Å². The molecular formula is C14H15N5O4S2. The molecule has 1 aliphatic heterocycles. The predicted molar refractivity (Wildman–Crippen MR) is 88.9 cm³/mol. The van der Waals surface area contributed by atoms with Gasteiger partial charge in [-0.3, -0.25) is 0 Å². The van der Waals surface area contributed by atoms with Crippen LogP contribution in [0.5, 0.6) is 0 Å². The van der Waals surface area contributed by atoms with Crippen molar-refractivity contribution in [2.45, 2.75) is 17.4 Å². The second-order valence-electron chi connectivity index (χ2n) is 5.56. The number of hydrogen-bond acceptors (Lipinski definition) is 7. The molecule has 0 spiro atoms. The van der Waals surface area contributed by atoms with E-state index in [2.05, 4.69) is 21.4 Å². The van der Waals surface area contributed by atoms with Gasteiger partial charge in [-0.15, -0.1) is 11.5 Å². The van der Waals surface area contributed by atoms with Gasteiger partial charge in [0.05, 0.1) is 28.6 Å². The Hall–Kier alpha value is -2.29. The summed E-state index contributed by atoms with van der Waals surface area (Å²) in [6.45, 7) is -0.197. The minimum atomic E-state index is -3.97. The molecule has 1 fully saturated rings. The topological polar surface area (TPSA) is 115 Å². The van der Waals surface area contributed by atoms with Crippen LogP contribution in [-0.2, 0) is 19.9 Å². The second kappa shape index (κ2) is 6.55. The molecule has 9 nitrogen and oxygen atoms in total. The van der Waals surface area contributed by atoms with Gasteiger partial charge in [-0.2, -0.15) is 4.31 Å². The molecule has 0 aliphatic carbocycles. The van der Waals surface area contributed by atoms with Gasteiger partial charge in [0.25, 0.3) is 0 Å². The predicted octanol–water partition coefficient (Wildman–Crippen LogP) is -0.527. The Kier molecular flexibility index (Phi) is 4.59. The van der Waals surface area contributed by atoms with Gasteiger partial charge in [0.15, 0.2) is 9.84 Å². The molecule has 0 radical (unpaired) electrons. The Morgan fingerprint density at radius 3 is 2.80 bits per heavy atom. The Labute approximate surface area is 145 Å². The monoisotopic (exact) mass is 381 g/mol. The Balaban J connectivity index is 1.99. The first-order valence-corrected chi connectivity index (χ1v) is 10.6. The highest BCUT2D eigenvalue weighted by atomic mass is 32.2. The SMILES string of the molecule is C#CCN(C1CCS(=O)(=O)C1)S(=O)(=O)c1cccc(-n2cnnn2)c1. The first kappa shape index (κ1) is 17.5. The zero-order valence-corrected chi connectivity index (χ0v) is 14.7. The van der Waals surface area contributed by atoms with Crippen LogP contribution in [0.2, 0.25) is 0 Å².